The molecule has 0 amide bonds. The first-order valence-corrected chi connectivity index (χ1v) is 8.58. The van der Waals surface area contributed by atoms with Gasteiger partial charge in [0.2, 0.25) is 0 Å². The van der Waals surface area contributed by atoms with Gasteiger partial charge in [-0.3, -0.25) is 0 Å². The molecule has 2 heterocycles. The van der Waals surface area contributed by atoms with Crippen LogP contribution in [0.2, 0.25) is 5.02 Å². The largest absolute Gasteiger partial charge is 0.423 e. The summed E-state index contributed by atoms with van der Waals surface area (Å²) in [5.74, 6) is 0. The number of nitrogens with two attached hydrogens (primary N) is 1. The van der Waals surface area contributed by atoms with E-state index in [1.54, 1.807) is 0 Å². The van der Waals surface area contributed by atoms with Gasteiger partial charge in [0, 0.05) is 24.2 Å². The number of hydrogen-bond donors (Lipinski definition) is 1. The van der Waals surface area contributed by atoms with Crippen LogP contribution in [0.4, 0.5) is 6.01 Å². The Morgan fingerprint density at radius 3 is 2.64 bits per heavy atom. The lowest BCUT2D eigenvalue weighted by molar-refractivity contribution is 0.132. The molecule has 5 heteroatoms. The van der Waals surface area contributed by atoms with Crippen molar-refractivity contribution in [3.05, 3.63) is 23.2 Å². The second-order valence-corrected chi connectivity index (χ2v) is 7.37. The van der Waals surface area contributed by atoms with Crippen molar-refractivity contribution in [1.82, 2.24) is 4.98 Å². The molecule has 2 aromatic rings. The Labute approximate surface area is 135 Å². The maximum absolute atomic E-state index is 6.05. The van der Waals surface area contributed by atoms with E-state index in [4.69, 9.17) is 21.8 Å². The van der Waals surface area contributed by atoms with Crippen LogP contribution in [0, 0.1) is 5.41 Å². The third-order valence-electron chi connectivity index (χ3n) is 5.52. The highest BCUT2D eigenvalue weighted by Crippen LogP contribution is 2.45. The fraction of sp³-hybridized carbons (Fsp3) is 0.588. The van der Waals surface area contributed by atoms with Crippen LogP contribution in [-0.4, -0.2) is 24.1 Å². The maximum Gasteiger partial charge on any atom is 0.298 e. The number of aromatic nitrogens is 1. The zero-order chi connectivity index (χ0) is 15.2. The van der Waals surface area contributed by atoms with E-state index in [1.165, 1.54) is 38.5 Å². The Kier molecular flexibility index (Phi) is 3.54. The van der Waals surface area contributed by atoms with Crippen LogP contribution in [0.15, 0.2) is 22.6 Å². The first-order chi connectivity index (χ1) is 10.6. The molecule has 1 saturated carbocycles. The molecule has 1 saturated heterocycles. The first-order valence-electron chi connectivity index (χ1n) is 8.20. The van der Waals surface area contributed by atoms with Gasteiger partial charge in [0.05, 0.1) is 0 Å². The second-order valence-electron chi connectivity index (χ2n) is 6.93. The average Bonchev–Trinajstić information content (AvgIpc) is 2.94. The standard InChI is InChI=1S/C17H22ClN3O/c18-12-1-2-15-14(11-12)20-16(22-15)21-9-7-17(8-10-21)5-3-13(19)4-6-17/h1-2,11,13H,3-10,19H2. The van der Waals surface area contributed by atoms with Crippen molar-refractivity contribution in [1.29, 1.82) is 0 Å². The third-order valence-corrected chi connectivity index (χ3v) is 5.76. The molecule has 118 valence electrons. The van der Waals surface area contributed by atoms with E-state index in [-0.39, 0.29) is 0 Å². The summed E-state index contributed by atoms with van der Waals surface area (Å²) in [6, 6.07) is 6.75. The molecule has 2 N–H and O–H groups in total. The molecule has 4 rings (SSSR count). The highest BCUT2D eigenvalue weighted by atomic mass is 35.5. The number of anilines is 1. The maximum atomic E-state index is 6.05. The third kappa shape index (κ3) is 2.59. The number of nitrogens with zero attached hydrogens (tertiary/aromatic N) is 2. The van der Waals surface area contributed by atoms with Crippen molar-refractivity contribution in [3.63, 3.8) is 0 Å². The van der Waals surface area contributed by atoms with Gasteiger partial charge in [-0.1, -0.05) is 11.6 Å². The summed E-state index contributed by atoms with van der Waals surface area (Å²) in [7, 11) is 0. The number of benzene rings is 1. The Balaban J connectivity index is 1.48. The van der Waals surface area contributed by atoms with Crippen LogP contribution in [0.3, 0.4) is 0 Å². The van der Waals surface area contributed by atoms with Gasteiger partial charge in [-0.25, -0.2) is 0 Å². The second kappa shape index (κ2) is 5.43. The molecule has 0 radical (unpaired) electrons. The van der Waals surface area contributed by atoms with Gasteiger partial charge in [-0.2, -0.15) is 4.98 Å². The van der Waals surface area contributed by atoms with Gasteiger partial charge in [-0.15, -0.1) is 0 Å². The van der Waals surface area contributed by atoms with Crippen LogP contribution in [0.25, 0.3) is 11.1 Å². The van der Waals surface area contributed by atoms with Crippen molar-refractivity contribution in [3.8, 4) is 0 Å². The van der Waals surface area contributed by atoms with Crippen LogP contribution in [0.5, 0.6) is 0 Å². The highest BCUT2D eigenvalue weighted by Gasteiger charge is 2.38. The van der Waals surface area contributed by atoms with Crippen LogP contribution >= 0.6 is 11.6 Å². The molecular formula is C17H22ClN3O. The SMILES string of the molecule is NC1CCC2(CC1)CCN(c1nc3cc(Cl)ccc3o1)CC2. The lowest BCUT2D eigenvalue weighted by atomic mass is 9.67. The normalized spacial score (nSPS) is 22.5. The quantitative estimate of drug-likeness (QED) is 0.864. The fourth-order valence-corrected chi connectivity index (χ4v) is 4.11. The van der Waals surface area contributed by atoms with E-state index >= 15 is 0 Å². The Bertz CT molecular complexity index is 666. The molecule has 1 spiro atoms. The van der Waals surface area contributed by atoms with Gasteiger partial charge in [0.15, 0.2) is 5.58 Å². The fourth-order valence-electron chi connectivity index (χ4n) is 3.95. The Morgan fingerprint density at radius 2 is 1.91 bits per heavy atom. The van der Waals surface area contributed by atoms with Crippen molar-refractivity contribution in [2.45, 2.75) is 44.6 Å². The minimum absolute atomic E-state index is 0.422. The highest BCUT2D eigenvalue weighted by molar-refractivity contribution is 6.31. The van der Waals surface area contributed by atoms with E-state index in [0.29, 0.717) is 16.5 Å². The summed E-state index contributed by atoms with van der Waals surface area (Å²) < 4.78 is 5.89. The Hall–Kier alpha value is -1.26. The molecule has 1 aliphatic heterocycles. The molecule has 4 nitrogen and oxygen atoms in total. The number of piperidine rings is 1. The van der Waals surface area contributed by atoms with Crippen molar-refractivity contribution >= 4 is 28.7 Å². The number of oxazole rings is 1. The molecule has 1 aliphatic carbocycles. The molecular weight excluding hydrogens is 298 g/mol. The minimum atomic E-state index is 0.422. The van der Waals surface area contributed by atoms with E-state index in [9.17, 15) is 0 Å². The van der Waals surface area contributed by atoms with Crippen molar-refractivity contribution < 1.29 is 4.42 Å². The predicted octanol–water partition coefficient (Wildman–Crippen LogP) is 3.97. The van der Waals surface area contributed by atoms with Crippen LogP contribution < -0.4 is 10.6 Å². The van der Waals surface area contributed by atoms with Crippen molar-refractivity contribution in [2.24, 2.45) is 11.1 Å². The number of hydrogen-bond acceptors (Lipinski definition) is 4. The van der Waals surface area contributed by atoms with Gasteiger partial charge in [0.1, 0.15) is 5.52 Å². The van der Waals surface area contributed by atoms with E-state index in [1.807, 2.05) is 18.2 Å². The van der Waals surface area contributed by atoms with Crippen LogP contribution in [-0.2, 0) is 0 Å². The Morgan fingerprint density at radius 1 is 1.18 bits per heavy atom. The van der Waals surface area contributed by atoms with Gasteiger partial charge in [0.25, 0.3) is 6.01 Å². The van der Waals surface area contributed by atoms with E-state index < -0.39 is 0 Å². The predicted molar refractivity (Wildman–Crippen MR) is 89.3 cm³/mol. The van der Waals surface area contributed by atoms with Gasteiger partial charge >= 0.3 is 0 Å². The number of halogens is 1. The van der Waals surface area contributed by atoms with Gasteiger partial charge < -0.3 is 15.1 Å². The summed E-state index contributed by atoms with van der Waals surface area (Å²) in [5.41, 5.74) is 8.22. The lowest BCUT2D eigenvalue weighted by Gasteiger charge is -2.45. The smallest absolute Gasteiger partial charge is 0.298 e. The van der Waals surface area contributed by atoms with E-state index in [2.05, 4.69) is 9.88 Å². The summed E-state index contributed by atoms with van der Waals surface area (Å²) in [6.07, 6.45) is 7.37. The molecule has 0 unspecified atom stereocenters. The van der Waals surface area contributed by atoms with Crippen LogP contribution in [0.1, 0.15) is 38.5 Å². The van der Waals surface area contributed by atoms with E-state index in [0.717, 1.165) is 30.2 Å². The summed E-state index contributed by atoms with van der Waals surface area (Å²) in [6.45, 7) is 2.05. The summed E-state index contributed by atoms with van der Waals surface area (Å²) >= 11 is 6.02. The molecule has 0 atom stereocenters. The zero-order valence-electron chi connectivity index (χ0n) is 12.7. The lowest BCUT2D eigenvalue weighted by Crippen LogP contribution is -2.43. The molecule has 1 aromatic heterocycles. The molecule has 22 heavy (non-hydrogen) atoms. The molecule has 1 aromatic carbocycles. The zero-order valence-corrected chi connectivity index (χ0v) is 13.5. The number of rotatable bonds is 1. The molecule has 2 fully saturated rings. The topological polar surface area (TPSA) is 55.3 Å². The minimum Gasteiger partial charge on any atom is -0.423 e. The monoisotopic (exact) mass is 319 g/mol. The van der Waals surface area contributed by atoms with Crippen molar-refractivity contribution in [2.75, 3.05) is 18.0 Å². The molecule has 0 bridgehead atoms. The summed E-state index contributed by atoms with van der Waals surface area (Å²) in [5, 5.41) is 0.698. The van der Waals surface area contributed by atoms with Gasteiger partial charge in [-0.05, 0) is 62.1 Å². The number of fused-ring (bicyclic) bond motifs is 1. The first kappa shape index (κ1) is 14.3. The molecule has 2 aliphatic rings. The average molecular weight is 320 g/mol. The summed E-state index contributed by atoms with van der Waals surface area (Å²) in [4.78, 5) is 6.87.